The zero-order valence-corrected chi connectivity index (χ0v) is 18.2. The average Bonchev–Trinajstić information content (AvgIpc) is 3.14. The van der Waals surface area contributed by atoms with Crippen LogP contribution in [0.5, 0.6) is 0 Å². The molecule has 0 aliphatic carbocycles. The molecule has 162 valence electrons. The molecule has 1 amide bonds. The van der Waals surface area contributed by atoms with Crippen molar-refractivity contribution in [3.63, 3.8) is 0 Å². The maximum absolute atomic E-state index is 12.0. The molecule has 0 bridgehead atoms. The Hall–Kier alpha value is -3.52. The summed E-state index contributed by atoms with van der Waals surface area (Å²) in [5.41, 5.74) is 6.32. The fourth-order valence-electron chi connectivity index (χ4n) is 4.52. The summed E-state index contributed by atoms with van der Waals surface area (Å²) in [6.45, 7) is 5.93. The summed E-state index contributed by atoms with van der Waals surface area (Å²) in [7, 11) is 1.87. The Bertz CT molecular complexity index is 1340. The fraction of sp³-hybridized carbons (Fsp3) is 0.333. The second-order valence-corrected chi connectivity index (χ2v) is 8.69. The molecule has 8 nitrogen and oxygen atoms in total. The minimum atomic E-state index is 0.206. The van der Waals surface area contributed by atoms with Gasteiger partial charge < -0.3 is 14.2 Å². The number of hydrogen-bond donors (Lipinski definition) is 0. The minimum Gasteiger partial charge on any atom is -0.441 e. The highest BCUT2D eigenvalue weighted by molar-refractivity contribution is 5.84. The molecular formula is C24H24N6O2. The maximum atomic E-state index is 12.0. The topological polar surface area (TPSA) is 78.6 Å². The first-order chi connectivity index (χ1) is 15.5. The lowest BCUT2D eigenvalue weighted by atomic mass is 10.0. The molecule has 32 heavy (non-hydrogen) atoms. The Morgan fingerprint density at radius 1 is 1.00 bits per heavy atom. The van der Waals surface area contributed by atoms with Crippen molar-refractivity contribution in [2.75, 3.05) is 44.7 Å². The van der Waals surface area contributed by atoms with E-state index < -0.39 is 0 Å². The van der Waals surface area contributed by atoms with Gasteiger partial charge in [0.05, 0.1) is 35.2 Å². The van der Waals surface area contributed by atoms with Gasteiger partial charge >= 0.3 is 0 Å². The first-order valence-electron chi connectivity index (χ1n) is 10.9. The van der Waals surface area contributed by atoms with Gasteiger partial charge in [0, 0.05) is 51.8 Å². The summed E-state index contributed by atoms with van der Waals surface area (Å²) >= 11 is 0. The van der Waals surface area contributed by atoms with Gasteiger partial charge in [-0.3, -0.25) is 14.7 Å². The van der Waals surface area contributed by atoms with Crippen LogP contribution in [0.2, 0.25) is 0 Å². The number of rotatable bonds is 3. The molecular weight excluding hydrogens is 404 g/mol. The lowest BCUT2D eigenvalue weighted by Gasteiger charge is -2.48. The number of amides is 1. The first-order valence-corrected chi connectivity index (χ1v) is 10.9. The molecule has 0 N–H and O–H groups in total. The van der Waals surface area contributed by atoms with Gasteiger partial charge in [-0.2, -0.15) is 0 Å². The number of carbonyl (C=O) groups is 1. The Morgan fingerprint density at radius 2 is 1.88 bits per heavy atom. The molecule has 1 aromatic carbocycles. The van der Waals surface area contributed by atoms with Crippen LogP contribution >= 0.6 is 0 Å². The van der Waals surface area contributed by atoms with E-state index in [1.54, 1.807) is 0 Å². The number of nitrogens with zero attached hydrogens (tertiary/aromatic N) is 6. The zero-order chi connectivity index (χ0) is 21.8. The number of anilines is 1. The van der Waals surface area contributed by atoms with Crippen molar-refractivity contribution in [1.29, 1.82) is 0 Å². The van der Waals surface area contributed by atoms with Gasteiger partial charge in [0.2, 0.25) is 5.91 Å². The number of oxazole rings is 1. The zero-order valence-electron chi connectivity index (χ0n) is 18.2. The van der Waals surface area contributed by atoms with E-state index >= 15 is 0 Å². The van der Waals surface area contributed by atoms with Crippen molar-refractivity contribution >= 4 is 33.7 Å². The number of pyridine rings is 2. The molecule has 0 radical (unpaired) electrons. The van der Waals surface area contributed by atoms with E-state index in [1.165, 1.54) is 0 Å². The molecule has 2 saturated heterocycles. The van der Waals surface area contributed by atoms with Gasteiger partial charge in [-0.15, -0.1) is 0 Å². The number of benzene rings is 1. The van der Waals surface area contributed by atoms with Gasteiger partial charge in [0.25, 0.3) is 0 Å². The van der Waals surface area contributed by atoms with Crippen LogP contribution in [0.4, 0.5) is 5.69 Å². The van der Waals surface area contributed by atoms with E-state index in [-0.39, 0.29) is 5.91 Å². The number of piperazine rings is 1. The van der Waals surface area contributed by atoms with Crippen LogP contribution in [0, 0.1) is 6.92 Å². The molecule has 3 aromatic heterocycles. The van der Waals surface area contributed by atoms with Gasteiger partial charge in [-0.25, -0.2) is 9.97 Å². The highest BCUT2D eigenvalue weighted by Gasteiger charge is 2.35. The molecule has 0 unspecified atom stereocenters. The highest BCUT2D eigenvalue weighted by Crippen LogP contribution is 2.29. The molecule has 4 aromatic rings. The number of carbonyl (C=O) groups excluding carboxylic acids is 1. The third-order valence-corrected chi connectivity index (χ3v) is 6.54. The summed E-state index contributed by atoms with van der Waals surface area (Å²) in [5, 5.41) is 0. The lowest BCUT2D eigenvalue weighted by Crippen LogP contribution is -2.64. The largest absolute Gasteiger partial charge is 0.441 e. The number of aryl methyl sites for hydroxylation is 1. The predicted molar refractivity (Wildman–Crippen MR) is 122 cm³/mol. The van der Waals surface area contributed by atoms with Crippen molar-refractivity contribution < 1.29 is 9.21 Å². The standard InChI is InChI=1S/C24H24N6O2/c1-15-26-22-9-16(3-6-23(22)32-15)19-4-5-20-21(27-19)10-17(11-25-20)30-12-18(13-30)29-8-7-28(2)24(31)14-29/h3-6,9-11,18H,7-8,12-14H2,1-2H3. The SMILES string of the molecule is Cc1nc2cc(-c3ccc4ncc(N5CC(N6CCN(C)C(=O)C6)C5)cc4n3)ccc2o1. The number of aromatic nitrogens is 3. The van der Waals surface area contributed by atoms with E-state index in [9.17, 15) is 4.79 Å². The summed E-state index contributed by atoms with van der Waals surface area (Å²) < 4.78 is 5.58. The third-order valence-electron chi connectivity index (χ3n) is 6.54. The molecule has 2 fully saturated rings. The molecule has 0 saturated carbocycles. The van der Waals surface area contributed by atoms with Crippen LogP contribution in [-0.2, 0) is 4.79 Å². The van der Waals surface area contributed by atoms with Gasteiger partial charge in [0.1, 0.15) is 5.52 Å². The molecule has 0 atom stereocenters. The first kappa shape index (κ1) is 19.2. The van der Waals surface area contributed by atoms with E-state index in [4.69, 9.17) is 9.40 Å². The van der Waals surface area contributed by atoms with Crippen molar-refractivity contribution in [3.8, 4) is 11.3 Å². The summed E-state index contributed by atoms with van der Waals surface area (Å²) in [6.07, 6.45) is 1.92. The summed E-state index contributed by atoms with van der Waals surface area (Å²) in [4.78, 5) is 32.4. The normalized spacial score (nSPS) is 18.0. The van der Waals surface area contributed by atoms with E-state index in [0.717, 1.165) is 65.3 Å². The molecule has 0 spiro atoms. The fourth-order valence-corrected chi connectivity index (χ4v) is 4.52. The van der Waals surface area contributed by atoms with Crippen LogP contribution in [0.3, 0.4) is 0 Å². The molecule has 2 aliphatic rings. The second kappa shape index (κ2) is 7.27. The Balaban J connectivity index is 1.22. The van der Waals surface area contributed by atoms with Crippen LogP contribution in [0.25, 0.3) is 33.4 Å². The van der Waals surface area contributed by atoms with Gasteiger partial charge in [0.15, 0.2) is 11.5 Å². The summed E-state index contributed by atoms with van der Waals surface area (Å²) in [6, 6.07) is 12.5. The second-order valence-electron chi connectivity index (χ2n) is 8.69. The van der Waals surface area contributed by atoms with Gasteiger partial charge in [-0.1, -0.05) is 0 Å². The van der Waals surface area contributed by atoms with E-state index in [2.05, 4.69) is 25.8 Å². The monoisotopic (exact) mass is 428 g/mol. The number of fused-ring (bicyclic) bond motifs is 2. The van der Waals surface area contributed by atoms with Crippen molar-refractivity contribution in [3.05, 3.63) is 48.5 Å². The Morgan fingerprint density at radius 3 is 2.72 bits per heavy atom. The summed E-state index contributed by atoms with van der Waals surface area (Å²) in [5.74, 6) is 0.865. The third kappa shape index (κ3) is 3.27. The van der Waals surface area contributed by atoms with Crippen LogP contribution in [0.1, 0.15) is 5.89 Å². The predicted octanol–water partition coefficient (Wildman–Crippen LogP) is 2.71. The van der Waals surface area contributed by atoms with E-state index in [1.807, 2.05) is 55.4 Å². The van der Waals surface area contributed by atoms with Crippen LogP contribution in [-0.4, -0.2) is 76.5 Å². The van der Waals surface area contributed by atoms with E-state index in [0.29, 0.717) is 18.5 Å². The Kier molecular flexibility index (Phi) is 4.36. The highest BCUT2D eigenvalue weighted by atomic mass is 16.3. The average molecular weight is 428 g/mol. The number of likely N-dealkylation sites (N-methyl/N-ethyl adjacent to an activating group) is 1. The minimum absolute atomic E-state index is 0.206. The van der Waals surface area contributed by atoms with Crippen molar-refractivity contribution in [2.45, 2.75) is 13.0 Å². The molecule has 8 heteroatoms. The quantitative estimate of drug-likeness (QED) is 0.496. The van der Waals surface area contributed by atoms with Crippen LogP contribution in [0.15, 0.2) is 47.0 Å². The van der Waals surface area contributed by atoms with Crippen molar-refractivity contribution in [1.82, 2.24) is 24.8 Å². The van der Waals surface area contributed by atoms with Gasteiger partial charge in [-0.05, 0) is 36.4 Å². The molecule has 5 heterocycles. The maximum Gasteiger partial charge on any atom is 0.236 e. The molecule has 6 rings (SSSR count). The molecule has 2 aliphatic heterocycles. The van der Waals surface area contributed by atoms with Crippen LogP contribution < -0.4 is 4.90 Å². The smallest absolute Gasteiger partial charge is 0.236 e. The Labute approximate surface area is 185 Å². The lowest BCUT2D eigenvalue weighted by molar-refractivity contribution is -0.135. The number of hydrogen-bond acceptors (Lipinski definition) is 7. The van der Waals surface area contributed by atoms with Crippen molar-refractivity contribution in [2.24, 2.45) is 0 Å².